The van der Waals surface area contributed by atoms with E-state index in [1.165, 1.54) is 0 Å². The summed E-state index contributed by atoms with van der Waals surface area (Å²) in [5.41, 5.74) is 0. The highest BCUT2D eigenvalue weighted by molar-refractivity contribution is 5.79. The molecule has 2 fully saturated rings. The maximum atomic E-state index is 11.9. The van der Waals surface area contributed by atoms with Gasteiger partial charge in [-0.1, -0.05) is 6.42 Å². The highest BCUT2D eigenvalue weighted by Gasteiger charge is 2.33. The first-order chi connectivity index (χ1) is 8.68. The van der Waals surface area contributed by atoms with Crippen molar-refractivity contribution in [3.8, 4) is 0 Å². The van der Waals surface area contributed by atoms with Crippen molar-refractivity contribution in [3.05, 3.63) is 0 Å². The summed E-state index contributed by atoms with van der Waals surface area (Å²) in [5, 5.41) is 15.2. The molecule has 1 aliphatic heterocycles. The molecule has 0 aromatic heterocycles. The van der Waals surface area contributed by atoms with Crippen molar-refractivity contribution >= 4 is 11.9 Å². The lowest BCUT2D eigenvalue weighted by Gasteiger charge is -2.23. The SMILES string of the molecule is O=C(O)C1CCCC1CNC(=O)[C@@H]1CCCNC1. The van der Waals surface area contributed by atoms with E-state index in [1.807, 2.05) is 0 Å². The maximum absolute atomic E-state index is 11.9. The molecule has 1 aliphatic carbocycles. The van der Waals surface area contributed by atoms with E-state index in [4.69, 9.17) is 5.11 Å². The van der Waals surface area contributed by atoms with Crippen molar-refractivity contribution in [3.63, 3.8) is 0 Å². The van der Waals surface area contributed by atoms with Crippen molar-refractivity contribution in [2.75, 3.05) is 19.6 Å². The van der Waals surface area contributed by atoms with E-state index in [-0.39, 0.29) is 23.7 Å². The lowest BCUT2D eigenvalue weighted by molar-refractivity contribution is -0.143. The Hall–Kier alpha value is -1.10. The molecule has 0 aromatic rings. The largest absolute Gasteiger partial charge is 0.481 e. The first-order valence-corrected chi connectivity index (χ1v) is 6.89. The van der Waals surface area contributed by atoms with Crippen molar-refractivity contribution in [2.24, 2.45) is 17.8 Å². The molecule has 0 bridgehead atoms. The molecule has 3 N–H and O–H groups in total. The highest BCUT2D eigenvalue weighted by atomic mass is 16.4. The summed E-state index contributed by atoms with van der Waals surface area (Å²) in [5.74, 6) is -0.731. The van der Waals surface area contributed by atoms with Gasteiger partial charge < -0.3 is 15.7 Å². The number of amides is 1. The second-order valence-electron chi connectivity index (χ2n) is 5.42. The molecule has 1 amide bonds. The number of aliphatic carboxylic acids is 1. The van der Waals surface area contributed by atoms with Crippen molar-refractivity contribution in [1.82, 2.24) is 10.6 Å². The zero-order valence-corrected chi connectivity index (χ0v) is 10.7. The smallest absolute Gasteiger partial charge is 0.306 e. The van der Waals surface area contributed by atoms with Gasteiger partial charge in [0.05, 0.1) is 11.8 Å². The topological polar surface area (TPSA) is 78.4 Å². The molecule has 1 heterocycles. The second kappa shape index (κ2) is 6.18. The minimum absolute atomic E-state index is 0.0587. The molecule has 1 saturated carbocycles. The van der Waals surface area contributed by atoms with Crippen LogP contribution < -0.4 is 10.6 Å². The number of rotatable bonds is 4. The summed E-state index contributed by atoms with van der Waals surface area (Å²) < 4.78 is 0. The standard InChI is InChI=1S/C13H22N2O3/c16-12(10-4-2-6-14-7-10)15-8-9-3-1-5-11(9)13(17)18/h9-11,14H,1-8H2,(H,15,16)(H,17,18)/t9?,10-,11?/m1/s1. The number of carbonyl (C=O) groups is 2. The molecule has 2 aliphatic rings. The van der Waals surface area contributed by atoms with Gasteiger partial charge in [0, 0.05) is 13.1 Å². The lowest BCUT2D eigenvalue weighted by atomic mass is 9.95. The summed E-state index contributed by atoms with van der Waals surface area (Å²) in [4.78, 5) is 23.0. The summed E-state index contributed by atoms with van der Waals surface area (Å²) in [6, 6.07) is 0. The number of carboxylic acid groups (broad SMARTS) is 1. The molecule has 5 heteroatoms. The molecule has 102 valence electrons. The number of hydrogen-bond acceptors (Lipinski definition) is 3. The van der Waals surface area contributed by atoms with Gasteiger partial charge in [0.2, 0.25) is 5.91 Å². The fourth-order valence-electron chi connectivity index (χ4n) is 3.06. The number of carboxylic acids is 1. The third-order valence-electron chi connectivity index (χ3n) is 4.18. The molecular formula is C13H22N2O3. The number of carbonyl (C=O) groups excluding carboxylic acids is 1. The fourth-order valence-corrected chi connectivity index (χ4v) is 3.06. The molecule has 0 spiro atoms. The van der Waals surface area contributed by atoms with Crippen LogP contribution in [0.2, 0.25) is 0 Å². The van der Waals surface area contributed by atoms with E-state index in [0.717, 1.165) is 45.2 Å². The Balaban J connectivity index is 1.76. The van der Waals surface area contributed by atoms with E-state index in [1.54, 1.807) is 0 Å². The van der Waals surface area contributed by atoms with Gasteiger partial charge >= 0.3 is 5.97 Å². The number of piperidine rings is 1. The van der Waals surface area contributed by atoms with Crippen LogP contribution in [0.15, 0.2) is 0 Å². The molecule has 2 unspecified atom stereocenters. The van der Waals surface area contributed by atoms with Crippen LogP contribution in [0.3, 0.4) is 0 Å². The van der Waals surface area contributed by atoms with Crippen molar-refractivity contribution in [2.45, 2.75) is 32.1 Å². The Morgan fingerprint density at radius 2 is 2.06 bits per heavy atom. The van der Waals surface area contributed by atoms with E-state index < -0.39 is 5.97 Å². The quantitative estimate of drug-likeness (QED) is 0.686. The van der Waals surface area contributed by atoms with Crippen LogP contribution in [0.25, 0.3) is 0 Å². The Morgan fingerprint density at radius 3 is 2.72 bits per heavy atom. The maximum Gasteiger partial charge on any atom is 0.306 e. The summed E-state index contributed by atoms with van der Waals surface area (Å²) in [6.45, 7) is 2.26. The zero-order chi connectivity index (χ0) is 13.0. The normalized spacial score (nSPS) is 32.1. The first-order valence-electron chi connectivity index (χ1n) is 6.89. The zero-order valence-electron chi connectivity index (χ0n) is 10.7. The van der Waals surface area contributed by atoms with Crippen LogP contribution in [0.5, 0.6) is 0 Å². The van der Waals surface area contributed by atoms with Crippen LogP contribution in [0.1, 0.15) is 32.1 Å². The molecule has 0 radical (unpaired) electrons. The van der Waals surface area contributed by atoms with Crippen LogP contribution in [0.4, 0.5) is 0 Å². The van der Waals surface area contributed by atoms with Gasteiger partial charge in [-0.05, 0) is 38.1 Å². The predicted octanol–water partition coefficient (Wildman–Crippen LogP) is 0.603. The van der Waals surface area contributed by atoms with Crippen LogP contribution in [-0.2, 0) is 9.59 Å². The van der Waals surface area contributed by atoms with E-state index in [0.29, 0.717) is 6.54 Å². The Bertz CT molecular complexity index is 313. The van der Waals surface area contributed by atoms with E-state index in [2.05, 4.69) is 10.6 Å². The molecular weight excluding hydrogens is 232 g/mol. The van der Waals surface area contributed by atoms with Gasteiger partial charge in [-0.2, -0.15) is 0 Å². The Kier molecular flexibility index (Phi) is 4.58. The van der Waals surface area contributed by atoms with Gasteiger partial charge in [-0.3, -0.25) is 9.59 Å². The third-order valence-corrected chi connectivity index (χ3v) is 4.18. The van der Waals surface area contributed by atoms with Crippen LogP contribution in [0, 0.1) is 17.8 Å². The van der Waals surface area contributed by atoms with Gasteiger partial charge in [0.25, 0.3) is 0 Å². The molecule has 3 atom stereocenters. The Morgan fingerprint density at radius 1 is 1.22 bits per heavy atom. The fraction of sp³-hybridized carbons (Fsp3) is 0.846. The number of nitrogens with one attached hydrogen (secondary N) is 2. The van der Waals surface area contributed by atoms with E-state index in [9.17, 15) is 9.59 Å². The first kappa shape index (κ1) is 13.3. The molecule has 5 nitrogen and oxygen atoms in total. The molecule has 0 aromatic carbocycles. The van der Waals surface area contributed by atoms with Crippen molar-refractivity contribution < 1.29 is 14.7 Å². The highest BCUT2D eigenvalue weighted by Crippen LogP contribution is 2.31. The lowest BCUT2D eigenvalue weighted by Crippen LogP contribution is -2.42. The minimum Gasteiger partial charge on any atom is -0.481 e. The summed E-state index contributed by atoms with van der Waals surface area (Å²) >= 11 is 0. The van der Waals surface area contributed by atoms with Crippen LogP contribution >= 0.6 is 0 Å². The Labute approximate surface area is 107 Å². The summed E-state index contributed by atoms with van der Waals surface area (Å²) in [7, 11) is 0. The average Bonchev–Trinajstić information content (AvgIpc) is 2.85. The molecule has 2 rings (SSSR count). The van der Waals surface area contributed by atoms with Gasteiger partial charge in [-0.15, -0.1) is 0 Å². The van der Waals surface area contributed by atoms with E-state index >= 15 is 0 Å². The number of hydrogen-bond donors (Lipinski definition) is 3. The average molecular weight is 254 g/mol. The minimum atomic E-state index is -0.717. The van der Waals surface area contributed by atoms with Gasteiger partial charge in [0.15, 0.2) is 0 Å². The molecule has 18 heavy (non-hydrogen) atoms. The van der Waals surface area contributed by atoms with Gasteiger partial charge in [-0.25, -0.2) is 0 Å². The summed E-state index contributed by atoms with van der Waals surface area (Å²) in [6.07, 6.45) is 4.61. The van der Waals surface area contributed by atoms with Crippen molar-refractivity contribution in [1.29, 1.82) is 0 Å². The predicted molar refractivity (Wildman–Crippen MR) is 67.1 cm³/mol. The third kappa shape index (κ3) is 3.22. The van der Waals surface area contributed by atoms with Crippen LogP contribution in [-0.4, -0.2) is 36.6 Å². The molecule has 1 saturated heterocycles. The van der Waals surface area contributed by atoms with Gasteiger partial charge in [0.1, 0.15) is 0 Å². The monoisotopic (exact) mass is 254 g/mol. The second-order valence-corrected chi connectivity index (χ2v) is 5.42.